The highest BCUT2D eigenvalue weighted by Crippen LogP contribution is 2.36. The lowest BCUT2D eigenvalue weighted by Crippen LogP contribution is -2.39. The first-order chi connectivity index (χ1) is 7.88. The monoisotopic (exact) mass is 256 g/mol. The molecule has 0 amide bonds. The van der Waals surface area contributed by atoms with Crippen molar-refractivity contribution < 1.29 is 13.5 Å². The molecule has 0 heterocycles. The van der Waals surface area contributed by atoms with Gasteiger partial charge >= 0.3 is 0 Å². The van der Waals surface area contributed by atoms with Crippen molar-refractivity contribution in [2.24, 2.45) is 0 Å². The number of nitrogens with one attached hydrogen (secondary N) is 1. The summed E-state index contributed by atoms with van der Waals surface area (Å²) in [5.74, 6) is 0. The minimum absolute atomic E-state index is 0.139. The first-order valence-electron chi connectivity index (χ1n) is 5.40. The van der Waals surface area contributed by atoms with E-state index in [-0.39, 0.29) is 11.5 Å². The summed E-state index contributed by atoms with van der Waals surface area (Å²) in [4.78, 5) is 0.139. The lowest BCUT2D eigenvalue weighted by Gasteiger charge is -2.15. The Morgan fingerprint density at radius 3 is 2.59 bits per heavy atom. The predicted octanol–water partition coefficient (Wildman–Crippen LogP) is 0.380. The van der Waals surface area contributed by atoms with E-state index in [0.29, 0.717) is 18.5 Å². The minimum Gasteiger partial charge on any atom is -0.398 e. The molecule has 17 heavy (non-hydrogen) atoms. The molecule has 6 heteroatoms. The molecule has 0 radical (unpaired) electrons. The van der Waals surface area contributed by atoms with Crippen molar-refractivity contribution in [2.75, 3.05) is 12.3 Å². The summed E-state index contributed by atoms with van der Waals surface area (Å²) in [5.41, 5.74) is 6.32. The molecule has 0 aromatic heterocycles. The van der Waals surface area contributed by atoms with Gasteiger partial charge in [0.1, 0.15) is 0 Å². The molecule has 0 unspecified atom stereocenters. The number of rotatable bonds is 4. The van der Waals surface area contributed by atoms with Crippen LogP contribution in [0.4, 0.5) is 5.69 Å². The van der Waals surface area contributed by atoms with Gasteiger partial charge in [0.05, 0.1) is 17.0 Å². The highest BCUT2D eigenvalue weighted by Gasteiger charge is 2.45. The summed E-state index contributed by atoms with van der Waals surface area (Å²) in [7, 11) is -3.60. The number of aliphatic hydroxyl groups excluding tert-OH is 1. The van der Waals surface area contributed by atoms with Gasteiger partial charge in [-0.15, -0.1) is 0 Å². The van der Waals surface area contributed by atoms with Gasteiger partial charge in [-0.2, -0.15) is 0 Å². The molecule has 1 aliphatic rings. The maximum absolute atomic E-state index is 12.0. The molecular formula is C11H16N2O3S. The minimum atomic E-state index is -3.60. The van der Waals surface area contributed by atoms with E-state index in [9.17, 15) is 8.42 Å². The molecule has 1 aromatic rings. The molecule has 2 rings (SSSR count). The van der Waals surface area contributed by atoms with Crippen molar-refractivity contribution in [3.8, 4) is 0 Å². The van der Waals surface area contributed by atoms with Crippen LogP contribution in [0.5, 0.6) is 0 Å². The first kappa shape index (κ1) is 12.3. The molecule has 0 aliphatic heterocycles. The Morgan fingerprint density at radius 1 is 1.47 bits per heavy atom. The number of benzene rings is 1. The second-order valence-corrected chi connectivity index (χ2v) is 6.24. The lowest BCUT2D eigenvalue weighted by molar-refractivity contribution is 0.246. The maximum Gasteiger partial charge on any atom is 0.241 e. The van der Waals surface area contributed by atoms with Gasteiger partial charge in [-0.3, -0.25) is 0 Å². The second kappa shape index (κ2) is 3.97. The molecule has 1 aliphatic carbocycles. The number of hydrogen-bond acceptors (Lipinski definition) is 4. The molecule has 0 bridgehead atoms. The number of aryl methyl sites for hydroxylation is 1. The Balaban J connectivity index is 2.29. The van der Waals surface area contributed by atoms with Crippen LogP contribution in [0.15, 0.2) is 23.1 Å². The molecule has 0 atom stereocenters. The molecule has 1 fully saturated rings. The van der Waals surface area contributed by atoms with E-state index in [0.717, 1.165) is 5.56 Å². The molecule has 1 saturated carbocycles. The van der Waals surface area contributed by atoms with Crippen LogP contribution >= 0.6 is 0 Å². The molecular weight excluding hydrogens is 240 g/mol. The smallest absolute Gasteiger partial charge is 0.241 e. The fraction of sp³-hybridized carbons (Fsp3) is 0.455. The van der Waals surface area contributed by atoms with Gasteiger partial charge in [0, 0.05) is 5.69 Å². The average molecular weight is 256 g/mol. The van der Waals surface area contributed by atoms with Crippen molar-refractivity contribution in [1.82, 2.24) is 4.72 Å². The van der Waals surface area contributed by atoms with Gasteiger partial charge in [-0.25, -0.2) is 13.1 Å². The van der Waals surface area contributed by atoms with E-state index in [2.05, 4.69) is 4.72 Å². The molecule has 5 nitrogen and oxygen atoms in total. The largest absolute Gasteiger partial charge is 0.398 e. The van der Waals surface area contributed by atoms with Crippen molar-refractivity contribution in [1.29, 1.82) is 0 Å². The van der Waals surface area contributed by atoms with Gasteiger partial charge in [-0.1, -0.05) is 6.07 Å². The van der Waals surface area contributed by atoms with Gasteiger partial charge in [0.2, 0.25) is 10.0 Å². The second-order valence-electron chi connectivity index (χ2n) is 4.56. The van der Waals surface area contributed by atoms with Crippen LogP contribution in [0.25, 0.3) is 0 Å². The lowest BCUT2D eigenvalue weighted by atomic mass is 10.2. The third-order valence-corrected chi connectivity index (χ3v) is 4.64. The van der Waals surface area contributed by atoms with E-state index in [1.54, 1.807) is 6.07 Å². The third-order valence-electron chi connectivity index (χ3n) is 3.07. The highest BCUT2D eigenvalue weighted by molar-refractivity contribution is 7.89. The summed E-state index contributed by atoms with van der Waals surface area (Å²) >= 11 is 0. The molecule has 1 aromatic carbocycles. The number of anilines is 1. The quantitative estimate of drug-likeness (QED) is 0.679. The third kappa shape index (κ3) is 2.43. The van der Waals surface area contributed by atoms with Crippen LogP contribution in [0.1, 0.15) is 18.4 Å². The Bertz CT molecular complexity index is 536. The summed E-state index contributed by atoms with van der Waals surface area (Å²) in [6, 6.07) is 4.62. The fourth-order valence-corrected chi connectivity index (χ4v) is 3.06. The van der Waals surface area contributed by atoms with Gasteiger partial charge in [-0.05, 0) is 37.5 Å². The average Bonchev–Trinajstić information content (AvgIpc) is 3.02. The SMILES string of the molecule is Cc1ccc(S(=O)(=O)NC2(CO)CC2)cc1N. The van der Waals surface area contributed by atoms with E-state index >= 15 is 0 Å². The van der Waals surface area contributed by atoms with Crippen LogP contribution in [0.2, 0.25) is 0 Å². The summed E-state index contributed by atoms with van der Waals surface area (Å²) in [5, 5.41) is 9.11. The van der Waals surface area contributed by atoms with Crippen molar-refractivity contribution in [2.45, 2.75) is 30.2 Å². The number of aliphatic hydroxyl groups is 1. The molecule has 0 spiro atoms. The highest BCUT2D eigenvalue weighted by atomic mass is 32.2. The topological polar surface area (TPSA) is 92.4 Å². The van der Waals surface area contributed by atoms with Crippen LogP contribution < -0.4 is 10.5 Å². The number of hydrogen-bond donors (Lipinski definition) is 3. The summed E-state index contributed by atoms with van der Waals surface area (Å²) in [6.45, 7) is 1.64. The van der Waals surface area contributed by atoms with Crippen molar-refractivity contribution in [3.63, 3.8) is 0 Å². The zero-order valence-corrected chi connectivity index (χ0v) is 10.4. The Morgan fingerprint density at radius 2 is 2.12 bits per heavy atom. The van der Waals surface area contributed by atoms with Gasteiger partial charge in [0.25, 0.3) is 0 Å². The Hall–Kier alpha value is -1.11. The number of nitrogen functional groups attached to an aromatic ring is 1. The van der Waals surface area contributed by atoms with E-state index in [4.69, 9.17) is 10.8 Å². The van der Waals surface area contributed by atoms with Crippen molar-refractivity contribution >= 4 is 15.7 Å². The summed E-state index contributed by atoms with van der Waals surface area (Å²) < 4.78 is 26.6. The molecule has 4 N–H and O–H groups in total. The first-order valence-corrected chi connectivity index (χ1v) is 6.88. The Kier molecular flexibility index (Phi) is 2.89. The summed E-state index contributed by atoms with van der Waals surface area (Å²) in [6.07, 6.45) is 1.34. The van der Waals surface area contributed by atoms with Gasteiger partial charge < -0.3 is 10.8 Å². The standard InChI is InChI=1S/C11H16N2O3S/c1-8-2-3-9(6-10(8)12)17(15,16)13-11(7-14)4-5-11/h2-3,6,13-14H,4-5,7,12H2,1H3. The molecule has 0 saturated heterocycles. The van der Waals surface area contributed by atoms with Crippen LogP contribution in [0, 0.1) is 6.92 Å². The van der Waals surface area contributed by atoms with Gasteiger partial charge in [0.15, 0.2) is 0 Å². The van der Waals surface area contributed by atoms with E-state index < -0.39 is 15.6 Å². The van der Waals surface area contributed by atoms with Crippen molar-refractivity contribution in [3.05, 3.63) is 23.8 Å². The molecule has 94 valence electrons. The van der Waals surface area contributed by atoms with Crippen LogP contribution in [-0.4, -0.2) is 25.7 Å². The number of nitrogens with two attached hydrogens (primary N) is 1. The predicted molar refractivity (Wildman–Crippen MR) is 65.0 cm³/mol. The fourth-order valence-electron chi connectivity index (χ4n) is 1.57. The normalized spacial score (nSPS) is 18.0. The number of sulfonamides is 1. The maximum atomic E-state index is 12.0. The van der Waals surface area contributed by atoms with E-state index in [1.165, 1.54) is 12.1 Å². The Labute approximate surface area is 101 Å². The zero-order chi connectivity index (χ0) is 12.7. The van der Waals surface area contributed by atoms with Crippen LogP contribution in [-0.2, 0) is 10.0 Å². The van der Waals surface area contributed by atoms with E-state index in [1.807, 2.05) is 6.92 Å². The van der Waals surface area contributed by atoms with Crippen LogP contribution in [0.3, 0.4) is 0 Å². The zero-order valence-electron chi connectivity index (χ0n) is 9.60.